The predicted molar refractivity (Wildman–Crippen MR) is 124 cm³/mol. The summed E-state index contributed by atoms with van der Waals surface area (Å²) >= 11 is 0. The van der Waals surface area contributed by atoms with Crippen molar-refractivity contribution in [2.24, 2.45) is 5.92 Å². The smallest absolute Gasteiger partial charge is 0.305 e. The Morgan fingerprint density at radius 3 is 1.82 bits per heavy atom. The predicted octanol–water partition coefficient (Wildman–Crippen LogP) is 8.78. The van der Waals surface area contributed by atoms with Gasteiger partial charge >= 0.3 is 5.97 Å². The van der Waals surface area contributed by atoms with E-state index in [0.29, 0.717) is 18.9 Å². The molecule has 0 rings (SSSR count). The number of carbonyl (C=O) groups excluding carboxylic acids is 1. The molecule has 0 bridgehead atoms. The average molecular weight is 395 g/mol. The summed E-state index contributed by atoms with van der Waals surface area (Å²) in [5, 5.41) is 0. The van der Waals surface area contributed by atoms with Gasteiger partial charge in [-0.25, -0.2) is 0 Å². The van der Waals surface area contributed by atoms with Crippen LogP contribution in [-0.2, 0) is 9.53 Å². The van der Waals surface area contributed by atoms with Gasteiger partial charge in [-0.15, -0.1) is 0 Å². The molecule has 2 heteroatoms. The molecule has 0 saturated carbocycles. The summed E-state index contributed by atoms with van der Waals surface area (Å²) in [6, 6.07) is 0. The van der Waals surface area contributed by atoms with Crippen LogP contribution in [0.15, 0.2) is 12.2 Å². The van der Waals surface area contributed by atoms with E-state index in [0.717, 1.165) is 19.3 Å². The number of esters is 1. The van der Waals surface area contributed by atoms with Crippen molar-refractivity contribution >= 4 is 5.97 Å². The highest BCUT2D eigenvalue weighted by Crippen LogP contribution is 2.14. The monoisotopic (exact) mass is 394 g/mol. The van der Waals surface area contributed by atoms with Gasteiger partial charge in [0.25, 0.3) is 0 Å². The number of unbranched alkanes of at least 4 members (excludes halogenated alkanes) is 12. The quantitative estimate of drug-likeness (QED) is 0.110. The van der Waals surface area contributed by atoms with Crippen molar-refractivity contribution in [3.63, 3.8) is 0 Å². The molecule has 0 saturated heterocycles. The maximum absolute atomic E-state index is 11.8. The Bertz CT molecular complexity index is 348. The molecule has 0 heterocycles. The molecule has 0 amide bonds. The van der Waals surface area contributed by atoms with Crippen LogP contribution in [0.25, 0.3) is 0 Å². The molecule has 0 aromatic carbocycles. The van der Waals surface area contributed by atoms with Crippen LogP contribution in [0.4, 0.5) is 0 Å². The first-order valence-corrected chi connectivity index (χ1v) is 12.5. The van der Waals surface area contributed by atoms with E-state index in [9.17, 15) is 4.79 Å². The van der Waals surface area contributed by atoms with Gasteiger partial charge in [0.05, 0.1) is 6.61 Å². The second kappa shape index (κ2) is 22.5. The molecule has 166 valence electrons. The molecule has 0 aromatic heterocycles. The summed E-state index contributed by atoms with van der Waals surface area (Å²) in [4.78, 5) is 11.8. The molecule has 0 aromatic rings. The van der Waals surface area contributed by atoms with Gasteiger partial charge in [-0.3, -0.25) is 4.79 Å². The molecule has 28 heavy (non-hydrogen) atoms. The number of hydrogen-bond donors (Lipinski definition) is 0. The third-order valence-corrected chi connectivity index (χ3v) is 5.67. The molecule has 0 aliphatic rings. The van der Waals surface area contributed by atoms with Crippen LogP contribution in [-0.4, -0.2) is 12.6 Å². The Morgan fingerprint density at radius 2 is 1.25 bits per heavy atom. The van der Waals surface area contributed by atoms with Gasteiger partial charge in [-0.2, -0.15) is 0 Å². The number of rotatable bonds is 21. The van der Waals surface area contributed by atoms with Crippen molar-refractivity contribution < 1.29 is 9.53 Å². The summed E-state index contributed by atoms with van der Waals surface area (Å²) < 4.78 is 5.46. The molecule has 0 N–H and O–H groups in total. The van der Waals surface area contributed by atoms with Crippen LogP contribution in [0.3, 0.4) is 0 Å². The maximum atomic E-state index is 11.8. The third-order valence-electron chi connectivity index (χ3n) is 5.67. The normalized spacial score (nSPS) is 12.5. The zero-order valence-electron chi connectivity index (χ0n) is 19.5. The minimum atomic E-state index is 0.00420. The standard InChI is InChI=1S/C26H50O2/c1-4-7-9-10-11-12-13-14-15-16-17-18-19-20-21-23-26(27)28-24-25(6-3)22-8-5-2/h15-16,25H,4-14,17-24H2,1-3H3. The fraction of sp³-hybridized carbons (Fsp3) is 0.885. The minimum Gasteiger partial charge on any atom is -0.465 e. The Hall–Kier alpha value is -0.790. The molecule has 0 aliphatic heterocycles. The summed E-state index contributed by atoms with van der Waals surface area (Å²) in [7, 11) is 0. The Kier molecular flexibility index (Phi) is 21.9. The Labute approximate surface area is 176 Å². The average Bonchev–Trinajstić information content (AvgIpc) is 2.71. The Balaban J connectivity index is 3.36. The number of carbonyl (C=O) groups is 1. The lowest BCUT2D eigenvalue weighted by Crippen LogP contribution is -2.13. The van der Waals surface area contributed by atoms with Crippen LogP contribution in [0, 0.1) is 5.92 Å². The van der Waals surface area contributed by atoms with Crippen LogP contribution in [0.2, 0.25) is 0 Å². The number of hydrogen-bond acceptors (Lipinski definition) is 2. The highest BCUT2D eigenvalue weighted by molar-refractivity contribution is 5.69. The molecule has 0 spiro atoms. The zero-order valence-corrected chi connectivity index (χ0v) is 19.5. The molecule has 0 radical (unpaired) electrons. The van der Waals surface area contributed by atoms with Crippen molar-refractivity contribution in [3.05, 3.63) is 12.2 Å². The summed E-state index contributed by atoms with van der Waals surface area (Å²) in [6.07, 6.45) is 26.8. The minimum absolute atomic E-state index is 0.00420. The highest BCUT2D eigenvalue weighted by atomic mass is 16.5. The van der Waals surface area contributed by atoms with Gasteiger partial charge < -0.3 is 4.74 Å². The fourth-order valence-corrected chi connectivity index (χ4v) is 3.52. The van der Waals surface area contributed by atoms with Crippen LogP contribution >= 0.6 is 0 Å². The van der Waals surface area contributed by atoms with E-state index >= 15 is 0 Å². The topological polar surface area (TPSA) is 26.3 Å². The number of allylic oxidation sites excluding steroid dienone is 2. The lowest BCUT2D eigenvalue weighted by molar-refractivity contribution is -0.145. The van der Waals surface area contributed by atoms with Crippen LogP contribution < -0.4 is 0 Å². The van der Waals surface area contributed by atoms with E-state index in [2.05, 4.69) is 32.9 Å². The van der Waals surface area contributed by atoms with E-state index in [1.165, 1.54) is 89.9 Å². The van der Waals surface area contributed by atoms with E-state index in [1.807, 2.05) is 0 Å². The Morgan fingerprint density at radius 1 is 0.714 bits per heavy atom. The van der Waals surface area contributed by atoms with E-state index in [1.54, 1.807) is 0 Å². The van der Waals surface area contributed by atoms with Gasteiger partial charge in [0.1, 0.15) is 0 Å². The lowest BCUT2D eigenvalue weighted by Gasteiger charge is -2.14. The van der Waals surface area contributed by atoms with Gasteiger partial charge in [0.2, 0.25) is 0 Å². The molecule has 0 fully saturated rings. The first-order valence-electron chi connectivity index (χ1n) is 12.5. The summed E-state index contributed by atoms with van der Waals surface area (Å²) in [5.74, 6) is 0.557. The van der Waals surface area contributed by atoms with Crippen molar-refractivity contribution in [2.75, 3.05) is 6.61 Å². The van der Waals surface area contributed by atoms with Gasteiger partial charge in [-0.1, -0.05) is 104 Å². The zero-order chi connectivity index (χ0) is 20.7. The van der Waals surface area contributed by atoms with Crippen molar-refractivity contribution in [1.29, 1.82) is 0 Å². The third kappa shape index (κ3) is 20.0. The van der Waals surface area contributed by atoms with E-state index < -0.39 is 0 Å². The summed E-state index contributed by atoms with van der Waals surface area (Å²) in [5.41, 5.74) is 0. The van der Waals surface area contributed by atoms with Crippen molar-refractivity contribution in [1.82, 2.24) is 0 Å². The van der Waals surface area contributed by atoms with Gasteiger partial charge in [0.15, 0.2) is 0 Å². The van der Waals surface area contributed by atoms with Crippen LogP contribution in [0.5, 0.6) is 0 Å². The van der Waals surface area contributed by atoms with Crippen molar-refractivity contribution in [3.8, 4) is 0 Å². The first-order chi connectivity index (χ1) is 13.7. The largest absolute Gasteiger partial charge is 0.465 e. The maximum Gasteiger partial charge on any atom is 0.305 e. The molecular weight excluding hydrogens is 344 g/mol. The van der Waals surface area contributed by atoms with Gasteiger partial charge in [-0.05, 0) is 44.4 Å². The molecule has 1 unspecified atom stereocenters. The first kappa shape index (κ1) is 27.2. The molecule has 1 atom stereocenters. The molecular formula is C26H50O2. The van der Waals surface area contributed by atoms with E-state index in [-0.39, 0.29) is 5.97 Å². The van der Waals surface area contributed by atoms with Crippen LogP contribution in [0.1, 0.15) is 136 Å². The fourth-order valence-electron chi connectivity index (χ4n) is 3.52. The highest BCUT2D eigenvalue weighted by Gasteiger charge is 2.09. The lowest BCUT2D eigenvalue weighted by atomic mass is 10.0. The molecule has 2 nitrogen and oxygen atoms in total. The van der Waals surface area contributed by atoms with E-state index in [4.69, 9.17) is 4.74 Å². The second-order valence-corrected chi connectivity index (χ2v) is 8.43. The van der Waals surface area contributed by atoms with Crippen molar-refractivity contribution in [2.45, 2.75) is 136 Å². The second-order valence-electron chi connectivity index (χ2n) is 8.43. The molecule has 0 aliphatic carbocycles. The van der Waals surface area contributed by atoms with Gasteiger partial charge in [0, 0.05) is 6.42 Å². The SMILES string of the molecule is CCCCCCCCCC=CCCCCCCC(=O)OCC(CC)CCCC. The number of ether oxygens (including phenoxy) is 1. The summed E-state index contributed by atoms with van der Waals surface area (Å²) in [6.45, 7) is 7.30.